The number of hydrogen-bond acceptors (Lipinski definition) is 3. The number of ether oxygens (including phenoxy) is 1. The van der Waals surface area contributed by atoms with Crippen LogP contribution < -0.4 is 4.74 Å². The van der Waals surface area contributed by atoms with Crippen molar-refractivity contribution in [3.63, 3.8) is 0 Å². The molecule has 1 fully saturated rings. The Morgan fingerprint density at radius 2 is 1.83 bits per heavy atom. The van der Waals surface area contributed by atoms with Gasteiger partial charge in [-0.15, -0.1) is 0 Å². The van der Waals surface area contributed by atoms with Gasteiger partial charge in [-0.3, -0.25) is 9.59 Å². The lowest BCUT2D eigenvalue weighted by Crippen LogP contribution is -2.39. The van der Waals surface area contributed by atoms with Gasteiger partial charge in [-0.05, 0) is 67.9 Å². The van der Waals surface area contributed by atoms with E-state index in [-0.39, 0.29) is 5.91 Å². The lowest BCUT2D eigenvalue weighted by molar-refractivity contribution is -0.142. The van der Waals surface area contributed by atoms with Crippen molar-refractivity contribution < 1.29 is 19.4 Å². The highest BCUT2D eigenvalue weighted by Gasteiger charge is 2.28. The minimum Gasteiger partial charge on any atom is -0.496 e. The summed E-state index contributed by atoms with van der Waals surface area (Å²) in [6, 6.07) is 15.2. The number of carbonyl (C=O) groups excluding carboxylic acids is 1. The average Bonchev–Trinajstić information content (AvgIpc) is 2.74. The highest BCUT2D eigenvalue weighted by Crippen LogP contribution is 2.28. The van der Waals surface area contributed by atoms with E-state index in [4.69, 9.17) is 4.74 Å². The maximum Gasteiger partial charge on any atom is 0.306 e. The average molecular weight is 395 g/mol. The summed E-state index contributed by atoms with van der Waals surface area (Å²) in [5.74, 6) is 0.0457. The van der Waals surface area contributed by atoms with Gasteiger partial charge in [-0.25, -0.2) is 0 Å². The molecule has 3 rings (SSSR count). The number of aliphatic carboxylic acids is 1. The van der Waals surface area contributed by atoms with Crippen LogP contribution in [0.3, 0.4) is 0 Å². The fourth-order valence-electron chi connectivity index (χ4n) is 4.16. The molecular formula is C24H29NO4. The molecule has 0 radical (unpaired) electrons. The lowest BCUT2D eigenvalue weighted by Gasteiger charge is -2.33. The van der Waals surface area contributed by atoms with E-state index in [2.05, 4.69) is 0 Å². The fraction of sp³-hybridized carbons (Fsp3) is 0.417. The maximum absolute atomic E-state index is 12.6. The fourth-order valence-corrected chi connectivity index (χ4v) is 4.16. The van der Waals surface area contributed by atoms with Crippen molar-refractivity contribution in [2.75, 3.05) is 20.2 Å². The smallest absolute Gasteiger partial charge is 0.306 e. The van der Waals surface area contributed by atoms with Gasteiger partial charge >= 0.3 is 5.97 Å². The zero-order valence-electron chi connectivity index (χ0n) is 17.1. The molecule has 0 aromatic heterocycles. The third kappa shape index (κ3) is 5.37. The summed E-state index contributed by atoms with van der Waals surface area (Å²) < 4.78 is 5.29. The van der Waals surface area contributed by atoms with Gasteiger partial charge in [0.15, 0.2) is 0 Å². The molecule has 1 aliphatic rings. The molecule has 2 aromatic rings. The Labute approximate surface area is 172 Å². The molecule has 29 heavy (non-hydrogen) atoms. The highest BCUT2D eigenvalue weighted by molar-refractivity contribution is 5.94. The lowest BCUT2D eigenvalue weighted by atomic mass is 9.84. The minimum absolute atomic E-state index is 0.0625. The van der Waals surface area contributed by atoms with Crippen molar-refractivity contribution in [2.24, 2.45) is 11.8 Å². The second-order valence-electron chi connectivity index (χ2n) is 7.88. The zero-order valence-corrected chi connectivity index (χ0v) is 17.1. The summed E-state index contributed by atoms with van der Waals surface area (Å²) in [7, 11) is 1.64. The molecule has 2 aromatic carbocycles. The first-order valence-corrected chi connectivity index (χ1v) is 10.2. The number of carbonyl (C=O) groups is 2. The molecule has 1 N–H and O–H groups in total. The maximum atomic E-state index is 12.6. The summed E-state index contributed by atoms with van der Waals surface area (Å²) in [4.78, 5) is 26.3. The van der Waals surface area contributed by atoms with E-state index in [1.165, 1.54) is 0 Å². The van der Waals surface area contributed by atoms with Gasteiger partial charge in [-0.1, -0.05) is 30.3 Å². The molecule has 1 atom stereocenters. The number of methoxy groups -OCH3 is 1. The largest absolute Gasteiger partial charge is 0.496 e. The van der Waals surface area contributed by atoms with Crippen LogP contribution in [0.15, 0.2) is 48.5 Å². The van der Waals surface area contributed by atoms with Gasteiger partial charge in [0.1, 0.15) is 5.75 Å². The zero-order chi connectivity index (χ0) is 20.8. The van der Waals surface area contributed by atoms with E-state index >= 15 is 0 Å². The van der Waals surface area contributed by atoms with Crippen LogP contribution in [-0.2, 0) is 11.2 Å². The first-order valence-electron chi connectivity index (χ1n) is 10.2. The van der Waals surface area contributed by atoms with Crippen LogP contribution in [0, 0.1) is 18.8 Å². The standard InChI is InChI=1S/C24H29NO4/c1-17-14-19(8-9-22(17)29-2)16-21(24(27)28)15-18-10-12-25(13-11-18)23(26)20-6-4-3-5-7-20/h3-9,14,18,21H,10-13,15-16H2,1-2H3,(H,27,28). The van der Waals surface area contributed by atoms with Crippen molar-refractivity contribution in [1.82, 2.24) is 4.90 Å². The third-order valence-electron chi connectivity index (χ3n) is 5.83. The van der Waals surface area contributed by atoms with Gasteiger partial charge in [-0.2, -0.15) is 0 Å². The molecule has 1 aliphatic heterocycles. The molecule has 1 amide bonds. The monoisotopic (exact) mass is 395 g/mol. The number of nitrogens with zero attached hydrogens (tertiary/aromatic N) is 1. The number of benzene rings is 2. The topological polar surface area (TPSA) is 66.8 Å². The van der Waals surface area contributed by atoms with E-state index < -0.39 is 11.9 Å². The SMILES string of the molecule is COc1ccc(CC(CC2CCN(C(=O)c3ccccc3)CC2)C(=O)O)cc1C. The predicted molar refractivity (Wildman–Crippen MR) is 112 cm³/mol. The number of rotatable bonds is 7. The molecular weight excluding hydrogens is 366 g/mol. The Morgan fingerprint density at radius 3 is 2.41 bits per heavy atom. The number of aryl methyl sites for hydroxylation is 1. The second-order valence-corrected chi connectivity index (χ2v) is 7.88. The minimum atomic E-state index is -0.749. The van der Waals surface area contributed by atoms with Crippen molar-refractivity contribution in [3.8, 4) is 5.75 Å². The summed E-state index contributed by atoms with van der Waals surface area (Å²) in [6.07, 6.45) is 2.87. The van der Waals surface area contributed by atoms with Crippen LogP contribution in [-0.4, -0.2) is 42.1 Å². The number of carboxylic acid groups (broad SMARTS) is 1. The molecule has 0 bridgehead atoms. The van der Waals surface area contributed by atoms with Crippen molar-refractivity contribution in [2.45, 2.75) is 32.6 Å². The number of amides is 1. The summed E-state index contributed by atoms with van der Waals surface area (Å²) >= 11 is 0. The molecule has 5 nitrogen and oxygen atoms in total. The van der Waals surface area contributed by atoms with E-state index in [1.54, 1.807) is 7.11 Å². The Balaban J connectivity index is 1.56. The van der Waals surface area contributed by atoms with Crippen LogP contribution in [0.5, 0.6) is 5.75 Å². The number of carboxylic acids is 1. The Hall–Kier alpha value is -2.82. The van der Waals surface area contributed by atoms with Crippen molar-refractivity contribution in [1.29, 1.82) is 0 Å². The number of hydrogen-bond donors (Lipinski definition) is 1. The molecule has 5 heteroatoms. The van der Waals surface area contributed by atoms with Gasteiger partial charge in [0.05, 0.1) is 13.0 Å². The van der Waals surface area contributed by atoms with E-state index in [0.29, 0.717) is 37.4 Å². The molecule has 154 valence electrons. The first kappa shape index (κ1) is 20.9. The van der Waals surface area contributed by atoms with Gasteiger partial charge < -0.3 is 14.7 Å². The molecule has 0 aliphatic carbocycles. The summed E-state index contributed by atoms with van der Waals surface area (Å²) in [5, 5.41) is 9.73. The molecule has 1 unspecified atom stereocenters. The predicted octanol–water partition coefficient (Wildman–Crippen LogP) is 4.19. The van der Waals surface area contributed by atoms with Crippen LogP contribution in [0.25, 0.3) is 0 Å². The van der Waals surface area contributed by atoms with Crippen LogP contribution in [0.1, 0.15) is 40.7 Å². The summed E-state index contributed by atoms with van der Waals surface area (Å²) in [6.45, 7) is 3.34. The molecule has 0 saturated carbocycles. The van der Waals surface area contributed by atoms with E-state index in [1.807, 2.05) is 60.4 Å². The number of likely N-dealkylation sites (tertiary alicyclic amines) is 1. The van der Waals surface area contributed by atoms with Gasteiger partial charge in [0.25, 0.3) is 5.91 Å². The Morgan fingerprint density at radius 1 is 1.14 bits per heavy atom. The molecule has 0 spiro atoms. The van der Waals surface area contributed by atoms with Gasteiger partial charge in [0, 0.05) is 18.7 Å². The van der Waals surface area contributed by atoms with E-state index in [0.717, 1.165) is 29.7 Å². The van der Waals surface area contributed by atoms with Crippen LogP contribution in [0.4, 0.5) is 0 Å². The second kappa shape index (κ2) is 9.59. The Kier molecular flexibility index (Phi) is 6.91. The van der Waals surface area contributed by atoms with Crippen LogP contribution in [0.2, 0.25) is 0 Å². The first-order chi connectivity index (χ1) is 14.0. The van der Waals surface area contributed by atoms with Crippen molar-refractivity contribution >= 4 is 11.9 Å². The van der Waals surface area contributed by atoms with Gasteiger partial charge in [0.2, 0.25) is 0 Å². The summed E-state index contributed by atoms with van der Waals surface area (Å²) in [5.41, 5.74) is 2.75. The quantitative estimate of drug-likeness (QED) is 0.763. The van der Waals surface area contributed by atoms with E-state index in [9.17, 15) is 14.7 Å². The van der Waals surface area contributed by atoms with Crippen molar-refractivity contribution in [3.05, 3.63) is 65.2 Å². The molecule has 1 saturated heterocycles. The normalized spacial score (nSPS) is 15.7. The Bertz CT molecular complexity index is 841. The third-order valence-corrected chi connectivity index (χ3v) is 5.83. The van der Waals surface area contributed by atoms with Crippen LogP contribution >= 0.6 is 0 Å². The molecule has 1 heterocycles. The highest BCUT2D eigenvalue weighted by atomic mass is 16.5. The number of piperidine rings is 1.